The van der Waals surface area contributed by atoms with Crippen molar-refractivity contribution in [2.75, 3.05) is 13.2 Å². The van der Waals surface area contributed by atoms with Crippen LogP contribution >= 0.6 is 0 Å². The summed E-state index contributed by atoms with van der Waals surface area (Å²) < 4.78 is 10.4. The molecule has 6 rings (SSSR count). The largest absolute Gasteiger partial charge is 0.505 e. The number of phenolic OH excluding ortho intramolecular Hbond substituents is 2. The van der Waals surface area contributed by atoms with Crippen LogP contribution in [0.25, 0.3) is 33.4 Å². The van der Waals surface area contributed by atoms with Gasteiger partial charge in [0.05, 0.1) is 13.2 Å². The summed E-state index contributed by atoms with van der Waals surface area (Å²) >= 11 is 0. The molecule has 6 aromatic rings. The van der Waals surface area contributed by atoms with Gasteiger partial charge >= 0.3 is 11.9 Å². The van der Waals surface area contributed by atoms with Gasteiger partial charge in [-0.25, -0.2) is 9.59 Å². The second kappa shape index (κ2) is 13.4. The molecule has 0 radical (unpaired) electrons. The third kappa shape index (κ3) is 6.71. The molecule has 4 aromatic carbocycles. The molecule has 0 bridgehead atoms. The van der Waals surface area contributed by atoms with Crippen LogP contribution in [-0.2, 0) is 38.3 Å². The predicted octanol–water partition coefficient (Wildman–Crippen LogP) is 4.70. The number of nitrogens with zero attached hydrogens (tertiary/aromatic N) is 6. The highest BCUT2D eigenvalue weighted by molar-refractivity contribution is 5.81. The summed E-state index contributed by atoms with van der Waals surface area (Å²) in [4.78, 5) is 26.1. The monoisotopic (exact) mass is 630 g/mol. The molecule has 2 aromatic heterocycles. The zero-order valence-electron chi connectivity index (χ0n) is 25.2. The molecule has 12 nitrogen and oxygen atoms in total. The molecule has 2 heterocycles. The quantitative estimate of drug-likeness (QED) is 0.144. The van der Waals surface area contributed by atoms with Crippen molar-refractivity contribution in [2.24, 2.45) is 0 Å². The molecule has 0 aliphatic carbocycles. The molecule has 2 N–H and O–H groups in total. The van der Waals surface area contributed by atoms with Gasteiger partial charge in [0.15, 0.2) is 0 Å². The minimum absolute atomic E-state index is 0.0792. The Bertz CT molecular complexity index is 1930. The van der Waals surface area contributed by atoms with Crippen molar-refractivity contribution in [2.45, 2.75) is 19.3 Å². The standard InChI is InChI=1S/C35H30N6O6/c1-3-32(42)46-15-13-22-17-24(34(44)30(19-22)40-36-26-9-5-6-10-27(26)37-40)21-25-18-23(14-16-47-33(43)4-2)20-31(35(25)45)41-38-28-11-7-8-12-29(28)39-41/h3-12,17-20,44-45H,1-2,13-16,21H2. The predicted molar refractivity (Wildman–Crippen MR) is 174 cm³/mol. The summed E-state index contributed by atoms with van der Waals surface area (Å²) in [6.45, 7) is 7.02. The van der Waals surface area contributed by atoms with Gasteiger partial charge in [0, 0.05) is 42.5 Å². The first-order chi connectivity index (χ1) is 22.8. The van der Waals surface area contributed by atoms with E-state index in [0.717, 1.165) is 23.3 Å². The Kier molecular flexibility index (Phi) is 8.73. The number of carbonyl (C=O) groups is 2. The van der Waals surface area contributed by atoms with E-state index in [1.165, 1.54) is 9.59 Å². The van der Waals surface area contributed by atoms with Crippen LogP contribution < -0.4 is 0 Å². The number of ether oxygens (including phenoxy) is 2. The summed E-state index contributed by atoms with van der Waals surface area (Å²) in [5.41, 5.74) is 5.60. The number of hydrogen-bond acceptors (Lipinski definition) is 10. The molecule has 12 heteroatoms. The Morgan fingerprint density at radius 3 is 1.34 bits per heavy atom. The third-order valence-corrected chi connectivity index (χ3v) is 7.45. The number of esters is 2. The molecule has 0 unspecified atom stereocenters. The molecule has 0 aliphatic heterocycles. The first-order valence-corrected chi connectivity index (χ1v) is 14.8. The maximum absolute atomic E-state index is 11.7. The lowest BCUT2D eigenvalue weighted by molar-refractivity contribution is -0.138. The van der Waals surface area contributed by atoms with E-state index >= 15 is 0 Å². The van der Waals surface area contributed by atoms with E-state index in [1.807, 2.05) is 48.5 Å². The maximum Gasteiger partial charge on any atom is 0.330 e. The molecule has 47 heavy (non-hydrogen) atoms. The van der Waals surface area contributed by atoms with E-state index in [9.17, 15) is 19.8 Å². The molecule has 0 atom stereocenters. The Morgan fingerprint density at radius 1 is 0.638 bits per heavy atom. The third-order valence-electron chi connectivity index (χ3n) is 7.45. The number of phenols is 2. The summed E-state index contributed by atoms with van der Waals surface area (Å²) in [7, 11) is 0. The van der Waals surface area contributed by atoms with Crippen LogP contribution in [0.2, 0.25) is 0 Å². The summed E-state index contributed by atoms with van der Waals surface area (Å²) in [5, 5.41) is 41.4. The van der Waals surface area contributed by atoms with Crippen molar-refractivity contribution < 1.29 is 29.3 Å². The highest BCUT2D eigenvalue weighted by atomic mass is 16.5. The zero-order valence-corrected chi connectivity index (χ0v) is 25.2. The molecule has 0 saturated carbocycles. The van der Waals surface area contributed by atoms with E-state index in [1.54, 1.807) is 24.3 Å². The topological polar surface area (TPSA) is 154 Å². The van der Waals surface area contributed by atoms with Crippen molar-refractivity contribution in [3.63, 3.8) is 0 Å². The van der Waals surface area contributed by atoms with E-state index in [-0.39, 0.29) is 31.1 Å². The Hall–Kier alpha value is -6.30. The second-order valence-electron chi connectivity index (χ2n) is 10.6. The molecule has 0 saturated heterocycles. The van der Waals surface area contributed by atoms with Crippen molar-refractivity contribution in [3.05, 3.63) is 120 Å². The number of hydrogen-bond donors (Lipinski definition) is 2. The number of aromatic nitrogens is 6. The average molecular weight is 631 g/mol. The van der Waals surface area contributed by atoms with Crippen molar-refractivity contribution >= 4 is 34.0 Å². The van der Waals surface area contributed by atoms with Gasteiger partial charge in [0.2, 0.25) is 0 Å². The molecule has 0 amide bonds. The van der Waals surface area contributed by atoms with E-state index in [2.05, 4.69) is 33.6 Å². The number of benzene rings is 4. The van der Waals surface area contributed by atoms with Gasteiger partial charge in [-0.1, -0.05) is 49.6 Å². The van der Waals surface area contributed by atoms with Gasteiger partial charge < -0.3 is 19.7 Å². The lowest BCUT2D eigenvalue weighted by Gasteiger charge is -2.16. The summed E-state index contributed by atoms with van der Waals surface area (Å²) in [5.74, 6) is -1.27. The van der Waals surface area contributed by atoms with Crippen LogP contribution in [0.4, 0.5) is 0 Å². The fourth-order valence-electron chi connectivity index (χ4n) is 5.14. The number of aromatic hydroxyl groups is 2. The Balaban J connectivity index is 1.43. The first-order valence-electron chi connectivity index (χ1n) is 14.8. The van der Waals surface area contributed by atoms with Gasteiger partial charge in [-0.15, -0.1) is 30.0 Å². The SMILES string of the molecule is C=CC(=O)OCCc1cc(Cc2cc(CCOC(=O)C=C)cc(-n3nc4ccccc4n3)c2O)c(O)c(-n2nc3ccccc3n2)c1. The van der Waals surface area contributed by atoms with Crippen molar-refractivity contribution in [1.82, 2.24) is 30.0 Å². The smallest absolute Gasteiger partial charge is 0.330 e. The van der Waals surface area contributed by atoms with Gasteiger partial charge in [-0.3, -0.25) is 0 Å². The molecule has 0 spiro atoms. The van der Waals surface area contributed by atoms with Crippen molar-refractivity contribution in [1.29, 1.82) is 0 Å². The van der Waals surface area contributed by atoms with Gasteiger partial charge in [0.25, 0.3) is 0 Å². The lowest BCUT2D eigenvalue weighted by Crippen LogP contribution is -2.08. The van der Waals surface area contributed by atoms with E-state index in [4.69, 9.17) is 9.47 Å². The van der Waals surface area contributed by atoms with Gasteiger partial charge in [0.1, 0.15) is 44.9 Å². The maximum atomic E-state index is 11.7. The molecule has 0 aliphatic rings. The summed E-state index contributed by atoms with van der Waals surface area (Å²) in [6.07, 6.45) is 2.93. The minimum atomic E-state index is -0.544. The van der Waals surface area contributed by atoms with Crippen LogP contribution in [0.5, 0.6) is 11.5 Å². The van der Waals surface area contributed by atoms with E-state index < -0.39 is 11.9 Å². The highest BCUT2D eigenvalue weighted by Gasteiger charge is 2.20. The number of carbonyl (C=O) groups excluding carboxylic acids is 2. The van der Waals surface area contributed by atoms with Crippen LogP contribution in [-0.4, -0.2) is 65.4 Å². The fraction of sp³-hybridized carbons (Fsp3) is 0.143. The molecular formula is C35H30N6O6. The van der Waals surface area contributed by atoms with Crippen LogP contribution in [0, 0.1) is 0 Å². The normalized spacial score (nSPS) is 11.1. The summed E-state index contributed by atoms with van der Waals surface area (Å²) in [6, 6.07) is 21.7. The molecule has 0 fully saturated rings. The van der Waals surface area contributed by atoms with E-state index in [0.29, 0.717) is 57.4 Å². The number of rotatable bonds is 12. The van der Waals surface area contributed by atoms with Crippen LogP contribution in [0.3, 0.4) is 0 Å². The van der Waals surface area contributed by atoms with Crippen LogP contribution in [0.1, 0.15) is 22.3 Å². The first kappa shape index (κ1) is 30.7. The minimum Gasteiger partial charge on any atom is -0.505 e. The zero-order chi connectivity index (χ0) is 32.9. The van der Waals surface area contributed by atoms with Crippen LogP contribution in [0.15, 0.2) is 98.1 Å². The number of fused-ring (bicyclic) bond motifs is 2. The average Bonchev–Trinajstić information content (AvgIpc) is 3.71. The lowest BCUT2D eigenvalue weighted by atomic mass is 9.96. The van der Waals surface area contributed by atoms with Gasteiger partial charge in [-0.05, 0) is 47.5 Å². The second-order valence-corrected chi connectivity index (χ2v) is 10.6. The highest BCUT2D eigenvalue weighted by Crippen LogP contribution is 2.35. The Labute approximate surface area is 268 Å². The molecule has 236 valence electrons. The molecular weight excluding hydrogens is 600 g/mol. The van der Waals surface area contributed by atoms with Gasteiger partial charge in [-0.2, -0.15) is 0 Å². The fourth-order valence-corrected chi connectivity index (χ4v) is 5.14. The van der Waals surface area contributed by atoms with Crippen molar-refractivity contribution in [3.8, 4) is 22.9 Å². The Morgan fingerprint density at radius 2 is 1.00 bits per heavy atom.